The molecule has 26 heavy (non-hydrogen) atoms. The van der Waals surface area contributed by atoms with E-state index in [2.05, 4.69) is 15.6 Å². The number of aromatic amines is 1. The van der Waals surface area contributed by atoms with Crippen molar-refractivity contribution in [2.75, 3.05) is 31.5 Å². The van der Waals surface area contributed by atoms with Gasteiger partial charge in [0.15, 0.2) is 5.82 Å². The number of nitrogens with one attached hydrogen (secondary N) is 3. The standard InChI is InChI=1S/C16H17F2N3O4S/c1-26-9-2-3-13(11(17)6-9)20-14-10(7-12(18)16(24)21-14)15(23)19-8-25-5-4-22/h2-3,6-7,22H,4-5,8H2,1H3,(H,19,23)(H2,20,21,24). The fraction of sp³-hybridized carbons (Fsp3) is 0.250. The highest BCUT2D eigenvalue weighted by Gasteiger charge is 2.17. The van der Waals surface area contributed by atoms with Gasteiger partial charge in [0.1, 0.15) is 18.4 Å². The molecule has 0 saturated carbocycles. The van der Waals surface area contributed by atoms with Gasteiger partial charge in [0.25, 0.3) is 11.5 Å². The van der Waals surface area contributed by atoms with Crippen molar-refractivity contribution in [3.05, 3.63) is 51.8 Å². The molecule has 0 saturated heterocycles. The Morgan fingerprint density at radius 1 is 1.31 bits per heavy atom. The summed E-state index contributed by atoms with van der Waals surface area (Å²) >= 11 is 1.35. The molecule has 4 N–H and O–H groups in total. The molecule has 2 aromatic rings. The number of ether oxygens (including phenoxy) is 1. The average Bonchev–Trinajstić information content (AvgIpc) is 2.63. The minimum atomic E-state index is -1.16. The van der Waals surface area contributed by atoms with Crippen LogP contribution in [-0.4, -0.2) is 42.2 Å². The third kappa shape index (κ3) is 5.04. The van der Waals surface area contributed by atoms with E-state index in [9.17, 15) is 18.4 Å². The van der Waals surface area contributed by atoms with Crippen LogP contribution in [-0.2, 0) is 4.74 Å². The first-order valence-corrected chi connectivity index (χ1v) is 8.69. The second-order valence-corrected chi connectivity index (χ2v) is 5.87. The number of hydrogen-bond acceptors (Lipinski definition) is 6. The molecular formula is C16H17F2N3O4S. The summed E-state index contributed by atoms with van der Waals surface area (Å²) in [4.78, 5) is 26.6. The summed E-state index contributed by atoms with van der Waals surface area (Å²) in [6, 6.07) is 5.13. The van der Waals surface area contributed by atoms with Crippen molar-refractivity contribution in [3.63, 3.8) is 0 Å². The summed E-state index contributed by atoms with van der Waals surface area (Å²) in [6.07, 6.45) is 1.79. The summed E-state index contributed by atoms with van der Waals surface area (Å²) in [6.45, 7) is -0.435. The van der Waals surface area contributed by atoms with Crippen molar-refractivity contribution < 1.29 is 23.4 Å². The summed E-state index contributed by atoms with van der Waals surface area (Å²) in [5, 5.41) is 13.5. The molecule has 1 amide bonds. The van der Waals surface area contributed by atoms with Crippen LogP contribution in [0.4, 0.5) is 20.3 Å². The lowest BCUT2D eigenvalue weighted by atomic mass is 10.2. The number of carbonyl (C=O) groups excluding carboxylic acids is 1. The van der Waals surface area contributed by atoms with E-state index in [1.165, 1.54) is 23.9 Å². The Morgan fingerprint density at radius 2 is 2.08 bits per heavy atom. The molecule has 2 rings (SSSR count). The van der Waals surface area contributed by atoms with Gasteiger partial charge in [-0.2, -0.15) is 0 Å². The molecule has 0 unspecified atom stereocenters. The molecule has 0 aliphatic rings. The van der Waals surface area contributed by atoms with Crippen LogP contribution in [0.3, 0.4) is 0 Å². The Balaban J connectivity index is 2.28. The predicted molar refractivity (Wildman–Crippen MR) is 93.9 cm³/mol. The van der Waals surface area contributed by atoms with Gasteiger partial charge in [0.05, 0.1) is 24.5 Å². The smallest absolute Gasteiger partial charge is 0.285 e. The molecule has 0 radical (unpaired) electrons. The third-order valence-corrected chi connectivity index (χ3v) is 3.97. The number of benzene rings is 1. The fourth-order valence-corrected chi connectivity index (χ4v) is 2.42. The van der Waals surface area contributed by atoms with Crippen LogP contribution in [0.1, 0.15) is 10.4 Å². The lowest BCUT2D eigenvalue weighted by Gasteiger charge is -2.13. The molecule has 140 valence electrons. The van der Waals surface area contributed by atoms with Crippen molar-refractivity contribution in [2.45, 2.75) is 4.90 Å². The minimum Gasteiger partial charge on any atom is -0.394 e. The molecule has 0 bridgehead atoms. The van der Waals surface area contributed by atoms with Gasteiger partial charge in [-0.05, 0) is 30.5 Å². The molecular weight excluding hydrogens is 368 g/mol. The molecule has 0 aliphatic carbocycles. The maximum absolute atomic E-state index is 14.1. The van der Waals surface area contributed by atoms with Crippen LogP contribution >= 0.6 is 11.8 Å². The van der Waals surface area contributed by atoms with Gasteiger partial charge >= 0.3 is 0 Å². The summed E-state index contributed by atoms with van der Waals surface area (Å²) in [5.41, 5.74) is -1.28. The summed E-state index contributed by atoms with van der Waals surface area (Å²) in [5.74, 6) is -2.66. The van der Waals surface area contributed by atoms with Crippen molar-refractivity contribution >= 4 is 29.2 Å². The molecule has 1 aromatic heterocycles. The number of carbonyl (C=O) groups is 1. The number of pyridine rings is 1. The van der Waals surface area contributed by atoms with Crippen LogP contribution in [0, 0.1) is 11.6 Å². The second-order valence-electron chi connectivity index (χ2n) is 4.99. The predicted octanol–water partition coefficient (Wildman–Crippen LogP) is 1.81. The number of H-pyrrole nitrogens is 1. The highest BCUT2D eigenvalue weighted by molar-refractivity contribution is 7.98. The van der Waals surface area contributed by atoms with Crippen LogP contribution in [0.25, 0.3) is 0 Å². The normalized spacial score (nSPS) is 10.6. The first kappa shape index (κ1) is 19.9. The Labute approximate surface area is 151 Å². The van der Waals surface area contributed by atoms with Crippen LogP contribution in [0.5, 0.6) is 0 Å². The average molecular weight is 385 g/mol. The van der Waals surface area contributed by atoms with Gasteiger partial charge in [0, 0.05) is 4.90 Å². The van der Waals surface area contributed by atoms with Gasteiger partial charge in [-0.15, -0.1) is 11.8 Å². The molecule has 1 aromatic carbocycles. The number of rotatable bonds is 8. The fourth-order valence-electron chi connectivity index (χ4n) is 1.99. The Hall–Kier alpha value is -2.43. The second kappa shape index (κ2) is 9.32. The number of halogens is 2. The zero-order valence-corrected chi connectivity index (χ0v) is 14.6. The van der Waals surface area contributed by atoms with E-state index in [0.717, 1.165) is 6.07 Å². The maximum Gasteiger partial charge on any atom is 0.285 e. The van der Waals surface area contributed by atoms with Crippen molar-refractivity contribution in [3.8, 4) is 0 Å². The zero-order valence-electron chi connectivity index (χ0n) is 13.8. The summed E-state index contributed by atoms with van der Waals surface area (Å²) < 4.78 is 32.6. The number of thioether (sulfide) groups is 1. The minimum absolute atomic E-state index is 0.00985. The molecule has 0 fully saturated rings. The van der Waals surface area contributed by atoms with Gasteiger partial charge in [-0.3, -0.25) is 9.59 Å². The van der Waals surface area contributed by atoms with E-state index in [0.29, 0.717) is 4.90 Å². The van der Waals surface area contributed by atoms with Gasteiger partial charge in [-0.25, -0.2) is 8.78 Å². The first-order chi connectivity index (χ1) is 12.5. The molecule has 0 spiro atoms. The van der Waals surface area contributed by atoms with Gasteiger partial charge in [0.2, 0.25) is 0 Å². The molecule has 0 atom stereocenters. The van der Waals surface area contributed by atoms with Crippen molar-refractivity contribution in [1.82, 2.24) is 10.3 Å². The van der Waals surface area contributed by atoms with Crippen LogP contribution < -0.4 is 16.2 Å². The lowest BCUT2D eigenvalue weighted by molar-refractivity contribution is 0.0664. The van der Waals surface area contributed by atoms with E-state index in [-0.39, 0.29) is 37.0 Å². The quantitative estimate of drug-likeness (QED) is 0.314. The number of hydrogen-bond donors (Lipinski definition) is 4. The molecule has 0 aliphatic heterocycles. The van der Waals surface area contributed by atoms with Crippen molar-refractivity contribution in [1.29, 1.82) is 0 Å². The van der Waals surface area contributed by atoms with E-state index in [1.54, 1.807) is 12.3 Å². The first-order valence-electron chi connectivity index (χ1n) is 7.46. The van der Waals surface area contributed by atoms with Crippen molar-refractivity contribution in [2.24, 2.45) is 0 Å². The Bertz CT molecular complexity index is 845. The molecule has 7 nitrogen and oxygen atoms in total. The largest absolute Gasteiger partial charge is 0.394 e. The number of aliphatic hydroxyl groups excluding tert-OH is 1. The van der Waals surface area contributed by atoms with E-state index in [1.807, 2.05) is 0 Å². The molecule has 1 heterocycles. The highest BCUT2D eigenvalue weighted by Crippen LogP contribution is 2.25. The monoisotopic (exact) mass is 385 g/mol. The highest BCUT2D eigenvalue weighted by atomic mass is 32.2. The maximum atomic E-state index is 14.1. The number of aliphatic hydroxyl groups is 1. The lowest BCUT2D eigenvalue weighted by Crippen LogP contribution is -2.29. The zero-order chi connectivity index (χ0) is 19.1. The number of amides is 1. The van der Waals surface area contributed by atoms with E-state index < -0.39 is 23.1 Å². The van der Waals surface area contributed by atoms with E-state index >= 15 is 0 Å². The third-order valence-electron chi connectivity index (χ3n) is 3.25. The molecule has 10 heteroatoms. The van der Waals surface area contributed by atoms with Gasteiger partial charge in [-0.1, -0.05) is 0 Å². The topological polar surface area (TPSA) is 103 Å². The summed E-state index contributed by atoms with van der Waals surface area (Å²) in [7, 11) is 0. The Morgan fingerprint density at radius 3 is 2.73 bits per heavy atom. The number of aromatic nitrogens is 1. The Kier molecular flexibility index (Phi) is 7.13. The van der Waals surface area contributed by atoms with Crippen LogP contribution in [0.2, 0.25) is 0 Å². The van der Waals surface area contributed by atoms with Crippen LogP contribution in [0.15, 0.2) is 34.0 Å². The van der Waals surface area contributed by atoms with E-state index in [4.69, 9.17) is 9.84 Å². The SMILES string of the molecule is CSc1ccc(Nc2[nH]c(=O)c(F)cc2C(=O)NCOCCO)c(F)c1. The number of anilines is 2. The van der Waals surface area contributed by atoms with Gasteiger partial charge < -0.3 is 25.5 Å².